The van der Waals surface area contributed by atoms with Crippen molar-refractivity contribution in [3.05, 3.63) is 35.0 Å². The molecule has 5 nitrogen and oxygen atoms in total. The van der Waals surface area contributed by atoms with E-state index in [9.17, 15) is 13.6 Å². The molecule has 2 heterocycles. The van der Waals surface area contributed by atoms with Gasteiger partial charge in [-0.1, -0.05) is 5.16 Å². The van der Waals surface area contributed by atoms with Crippen molar-refractivity contribution >= 4 is 5.97 Å². The number of aromatic carboxylic acids is 1. The van der Waals surface area contributed by atoms with E-state index in [0.717, 1.165) is 12.1 Å². The van der Waals surface area contributed by atoms with E-state index < -0.39 is 17.6 Å². The normalized spacial score (nSPS) is 13.7. The van der Waals surface area contributed by atoms with Gasteiger partial charge in [-0.25, -0.2) is 13.6 Å². The van der Waals surface area contributed by atoms with E-state index in [1.807, 2.05) is 0 Å². The third-order valence-corrected chi connectivity index (χ3v) is 3.07. The van der Waals surface area contributed by atoms with E-state index in [4.69, 9.17) is 14.4 Å². The molecular formula is C13H9F2NO4. The molecule has 0 saturated carbocycles. The predicted molar refractivity (Wildman–Crippen MR) is 62.6 cm³/mol. The molecule has 0 amide bonds. The minimum absolute atomic E-state index is 0.0573. The molecule has 1 aromatic heterocycles. The molecular weight excluding hydrogens is 272 g/mol. The Hall–Kier alpha value is -2.44. The van der Waals surface area contributed by atoms with Gasteiger partial charge < -0.3 is 14.4 Å². The monoisotopic (exact) mass is 281 g/mol. The molecule has 0 saturated heterocycles. The van der Waals surface area contributed by atoms with Crippen molar-refractivity contribution in [2.24, 2.45) is 0 Å². The number of carbonyl (C=O) groups is 1. The Balaban J connectivity index is 2.19. The summed E-state index contributed by atoms with van der Waals surface area (Å²) in [4.78, 5) is 10.8. The van der Waals surface area contributed by atoms with Crippen LogP contribution < -0.4 is 4.74 Å². The maximum Gasteiger partial charge on any atom is 0.358 e. The van der Waals surface area contributed by atoms with Crippen LogP contribution in [-0.2, 0) is 6.42 Å². The first kappa shape index (κ1) is 12.6. The molecule has 1 N–H and O–H groups in total. The molecule has 0 unspecified atom stereocenters. The standard InChI is InChI=1S/C13H9F2NO4/c14-7-4-8(15)11(12-6(7)2-1-3-19-12)10-5-9(13(17)18)16-20-10/h4-5H,1-3H2,(H,17,18). The molecule has 0 aliphatic carbocycles. The quantitative estimate of drug-likeness (QED) is 0.916. The minimum Gasteiger partial charge on any atom is -0.492 e. The Morgan fingerprint density at radius 1 is 1.30 bits per heavy atom. The smallest absolute Gasteiger partial charge is 0.358 e. The molecule has 2 aromatic rings. The van der Waals surface area contributed by atoms with E-state index in [0.29, 0.717) is 19.4 Å². The van der Waals surface area contributed by atoms with Crippen LogP contribution in [0.25, 0.3) is 11.3 Å². The number of nitrogens with zero attached hydrogens (tertiary/aromatic N) is 1. The van der Waals surface area contributed by atoms with E-state index in [1.165, 1.54) is 0 Å². The Morgan fingerprint density at radius 3 is 2.80 bits per heavy atom. The average molecular weight is 281 g/mol. The highest BCUT2D eigenvalue weighted by Gasteiger charge is 2.26. The number of halogens is 2. The number of fused-ring (bicyclic) bond motifs is 1. The number of hydrogen-bond acceptors (Lipinski definition) is 4. The van der Waals surface area contributed by atoms with Crippen LogP contribution in [0.4, 0.5) is 8.78 Å². The molecule has 1 aliphatic rings. The largest absolute Gasteiger partial charge is 0.492 e. The maximum atomic E-state index is 14.0. The third kappa shape index (κ3) is 1.91. The van der Waals surface area contributed by atoms with E-state index in [1.54, 1.807) is 0 Å². The van der Waals surface area contributed by atoms with Crippen molar-refractivity contribution in [1.82, 2.24) is 5.16 Å². The molecule has 3 rings (SSSR count). The number of ether oxygens (including phenoxy) is 1. The van der Waals surface area contributed by atoms with Crippen molar-refractivity contribution in [1.29, 1.82) is 0 Å². The second-order valence-corrected chi connectivity index (χ2v) is 4.36. The van der Waals surface area contributed by atoms with Gasteiger partial charge in [0, 0.05) is 17.7 Å². The number of hydrogen-bond donors (Lipinski definition) is 1. The van der Waals surface area contributed by atoms with Gasteiger partial charge in [-0.2, -0.15) is 0 Å². The van der Waals surface area contributed by atoms with Crippen LogP contribution in [0, 0.1) is 11.6 Å². The lowest BCUT2D eigenvalue weighted by molar-refractivity contribution is 0.0686. The minimum atomic E-state index is -1.29. The van der Waals surface area contributed by atoms with Crippen LogP contribution in [0.5, 0.6) is 5.75 Å². The van der Waals surface area contributed by atoms with Crippen LogP contribution in [0.2, 0.25) is 0 Å². The summed E-state index contributed by atoms with van der Waals surface area (Å²) in [6.45, 7) is 0.336. The van der Waals surface area contributed by atoms with Gasteiger partial charge in [0.05, 0.1) is 12.2 Å². The summed E-state index contributed by atoms with van der Waals surface area (Å²) in [5, 5.41) is 12.1. The van der Waals surface area contributed by atoms with Crippen LogP contribution in [0.3, 0.4) is 0 Å². The fourth-order valence-corrected chi connectivity index (χ4v) is 2.18. The molecule has 0 spiro atoms. The van der Waals surface area contributed by atoms with Crippen molar-refractivity contribution in [2.45, 2.75) is 12.8 Å². The molecule has 0 bridgehead atoms. The van der Waals surface area contributed by atoms with Gasteiger partial charge >= 0.3 is 5.97 Å². The SMILES string of the molecule is O=C(O)c1cc(-c2c(F)cc(F)c3c2OCCC3)on1. The highest BCUT2D eigenvalue weighted by atomic mass is 19.1. The average Bonchev–Trinajstić information content (AvgIpc) is 2.88. The van der Waals surface area contributed by atoms with Gasteiger partial charge in [0.1, 0.15) is 17.4 Å². The fraction of sp³-hybridized carbons (Fsp3) is 0.231. The number of aromatic nitrogens is 1. The molecule has 0 fully saturated rings. The number of benzene rings is 1. The Kier molecular flexibility index (Phi) is 2.89. The highest BCUT2D eigenvalue weighted by Crippen LogP contribution is 2.40. The second kappa shape index (κ2) is 4.59. The first-order valence-corrected chi connectivity index (χ1v) is 5.92. The molecule has 0 atom stereocenters. The number of carboxylic acid groups (broad SMARTS) is 1. The predicted octanol–water partition coefficient (Wildman–Crippen LogP) is 2.64. The topological polar surface area (TPSA) is 72.6 Å². The van der Waals surface area contributed by atoms with Gasteiger partial charge in [0.15, 0.2) is 11.5 Å². The highest BCUT2D eigenvalue weighted by molar-refractivity contribution is 5.87. The van der Waals surface area contributed by atoms with Gasteiger partial charge in [0.2, 0.25) is 0 Å². The molecule has 20 heavy (non-hydrogen) atoms. The van der Waals surface area contributed by atoms with Gasteiger partial charge in [-0.05, 0) is 12.8 Å². The molecule has 1 aliphatic heterocycles. The summed E-state index contributed by atoms with van der Waals surface area (Å²) in [6.07, 6.45) is 1.06. The van der Waals surface area contributed by atoms with Gasteiger partial charge in [-0.15, -0.1) is 0 Å². The Bertz CT molecular complexity index is 696. The molecule has 1 aromatic carbocycles. The summed E-state index contributed by atoms with van der Waals surface area (Å²) >= 11 is 0. The van der Waals surface area contributed by atoms with E-state index in [-0.39, 0.29) is 28.3 Å². The Morgan fingerprint density at radius 2 is 2.10 bits per heavy atom. The second-order valence-electron chi connectivity index (χ2n) is 4.36. The lowest BCUT2D eigenvalue weighted by Crippen LogP contribution is -2.12. The van der Waals surface area contributed by atoms with Crippen molar-refractivity contribution < 1.29 is 27.9 Å². The maximum absolute atomic E-state index is 14.0. The zero-order valence-electron chi connectivity index (χ0n) is 10.2. The lowest BCUT2D eigenvalue weighted by Gasteiger charge is -2.20. The summed E-state index contributed by atoms with van der Waals surface area (Å²) in [7, 11) is 0. The van der Waals surface area contributed by atoms with Crippen LogP contribution in [0.15, 0.2) is 16.7 Å². The summed E-state index contributed by atoms with van der Waals surface area (Å²) in [5.74, 6) is -2.90. The van der Waals surface area contributed by atoms with Crippen molar-refractivity contribution in [3.8, 4) is 17.1 Å². The van der Waals surface area contributed by atoms with Crippen molar-refractivity contribution in [2.75, 3.05) is 6.61 Å². The first-order valence-electron chi connectivity index (χ1n) is 5.92. The first-order chi connectivity index (χ1) is 9.58. The van der Waals surface area contributed by atoms with Crippen LogP contribution >= 0.6 is 0 Å². The molecule has 0 radical (unpaired) electrons. The zero-order chi connectivity index (χ0) is 14.3. The molecule has 7 heteroatoms. The lowest BCUT2D eigenvalue weighted by atomic mass is 9.99. The summed E-state index contributed by atoms with van der Waals surface area (Å²) in [6, 6.07) is 1.82. The number of rotatable bonds is 2. The van der Waals surface area contributed by atoms with E-state index in [2.05, 4.69) is 5.16 Å². The van der Waals surface area contributed by atoms with Gasteiger partial charge in [0.25, 0.3) is 0 Å². The zero-order valence-corrected chi connectivity index (χ0v) is 10.2. The van der Waals surface area contributed by atoms with Crippen molar-refractivity contribution in [3.63, 3.8) is 0 Å². The number of carboxylic acids is 1. The molecule has 104 valence electrons. The third-order valence-electron chi connectivity index (χ3n) is 3.07. The summed E-state index contributed by atoms with van der Waals surface area (Å²) in [5.41, 5.74) is -0.185. The fourth-order valence-electron chi connectivity index (χ4n) is 2.18. The van der Waals surface area contributed by atoms with Crippen LogP contribution in [0.1, 0.15) is 22.5 Å². The Labute approximate surface area is 111 Å². The van der Waals surface area contributed by atoms with Crippen LogP contribution in [-0.4, -0.2) is 22.8 Å². The van der Waals surface area contributed by atoms with Gasteiger partial charge in [-0.3, -0.25) is 0 Å². The summed E-state index contributed by atoms with van der Waals surface area (Å²) < 4.78 is 37.8. The van der Waals surface area contributed by atoms with E-state index >= 15 is 0 Å².